The standard InChI is InChI=1S/C19H19N5O2/c1-22-10-13-8-12(2-3-15(13)19(22)26)16-9-21-18-17(20-5-7-24(16)18)23-6-4-14(25)11-23/h2-3,5,7-9,14,25H,4,6,10-11H2,1H3. The highest BCUT2D eigenvalue weighted by molar-refractivity contribution is 5.98. The Morgan fingerprint density at radius 2 is 2.15 bits per heavy atom. The highest BCUT2D eigenvalue weighted by Crippen LogP contribution is 2.30. The molecule has 1 aromatic carbocycles. The summed E-state index contributed by atoms with van der Waals surface area (Å²) in [6, 6.07) is 5.94. The average molecular weight is 349 g/mol. The minimum absolute atomic E-state index is 0.0729. The summed E-state index contributed by atoms with van der Waals surface area (Å²) in [5, 5.41) is 9.82. The number of aliphatic hydroxyl groups is 1. The fourth-order valence-electron chi connectivity index (χ4n) is 3.90. The summed E-state index contributed by atoms with van der Waals surface area (Å²) in [4.78, 5) is 25.0. The molecule has 2 aliphatic heterocycles. The Bertz CT molecular complexity index is 1030. The maximum atomic E-state index is 12.1. The number of benzene rings is 1. The van der Waals surface area contributed by atoms with Gasteiger partial charge in [0.05, 0.1) is 18.0 Å². The highest BCUT2D eigenvalue weighted by Gasteiger charge is 2.26. The van der Waals surface area contributed by atoms with E-state index in [1.54, 1.807) is 11.1 Å². The highest BCUT2D eigenvalue weighted by atomic mass is 16.3. The van der Waals surface area contributed by atoms with E-state index in [9.17, 15) is 9.90 Å². The van der Waals surface area contributed by atoms with Crippen LogP contribution in [0.3, 0.4) is 0 Å². The number of imidazole rings is 1. The van der Waals surface area contributed by atoms with Gasteiger partial charge in [0.1, 0.15) is 0 Å². The van der Waals surface area contributed by atoms with Crippen LogP contribution in [0.2, 0.25) is 0 Å². The van der Waals surface area contributed by atoms with Crippen LogP contribution in [0, 0.1) is 0 Å². The van der Waals surface area contributed by atoms with Gasteiger partial charge in [-0.05, 0) is 24.1 Å². The minimum atomic E-state index is -0.308. The third-order valence-corrected chi connectivity index (χ3v) is 5.26. The molecule has 2 aliphatic rings. The van der Waals surface area contributed by atoms with E-state index in [0.717, 1.165) is 46.8 Å². The molecular formula is C19H19N5O2. The minimum Gasteiger partial charge on any atom is -0.391 e. The lowest BCUT2D eigenvalue weighted by molar-refractivity contribution is 0.0816. The first kappa shape index (κ1) is 15.3. The van der Waals surface area contributed by atoms with Crippen LogP contribution >= 0.6 is 0 Å². The van der Waals surface area contributed by atoms with Crippen molar-refractivity contribution < 1.29 is 9.90 Å². The predicted molar refractivity (Wildman–Crippen MR) is 97.1 cm³/mol. The van der Waals surface area contributed by atoms with Crippen LogP contribution in [-0.4, -0.2) is 56.5 Å². The molecule has 0 bridgehead atoms. The number of rotatable bonds is 2. The van der Waals surface area contributed by atoms with E-state index < -0.39 is 0 Å². The topological polar surface area (TPSA) is 74.0 Å². The Labute approximate surface area is 150 Å². The first-order valence-corrected chi connectivity index (χ1v) is 8.75. The lowest BCUT2D eigenvalue weighted by Gasteiger charge is -2.17. The Morgan fingerprint density at radius 1 is 1.27 bits per heavy atom. The van der Waals surface area contributed by atoms with Crippen LogP contribution in [-0.2, 0) is 6.54 Å². The van der Waals surface area contributed by atoms with Crippen molar-refractivity contribution in [2.75, 3.05) is 25.0 Å². The van der Waals surface area contributed by atoms with Crippen LogP contribution < -0.4 is 4.90 Å². The first-order valence-electron chi connectivity index (χ1n) is 8.75. The fourth-order valence-corrected chi connectivity index (χ4v) is 3.90. The molecule has 0 spiro atoms. The molecule has 1 fully saturated rings. The molecule has 1 saturated heterocycles. The van der Waals surface area contributed by atoms with Crippen molar-refractivity contribution in [1.29, 1.82) is 0 Å². The number of hydrogen-bond donors (Lipinski definition) is 1. The van der Waals surface area contributed by atoms with Gasteiger partial charge < -0.3 is 14.9 Å². The molecule has 132 valence electrons. The average Bonchev–Trinajstić information content (AvgIpc) is 3.33. The molecule has 3 aromatic rings. The molecule has 4 heterocycles. The molecule has 2 aromatic heterocycles. The zero-order valence-corrected chi connectivity index (χ0v) is 14.5. The van der Waals surface area contributed by atoms with Gasteiger partial charge in [-0.1, -0.05) is 6.07 Å². The summed E-state index contributed by atoms with van der Waals surface area (Å²) >= 11 is 0. The van der Waals surface area contributed by atoms with E-state index in [4.69, 9.17) is 0 Å². The largest absolute Gasteiger partial charge is 0.391 e. The Kier molecular flexibility index (Phi) is 3.27. The van der Waals surface area contributed by atoms with Crippen molar-refractivity contribution in [3.05, 3.63) is 47.9 Å². The third kappa shape index (κ3) is 2.20. The van der Waals surface area contributed by atoms with E-state index in [1.165, 1.54) is 0 Å². The maximum absolute atomic E-state index is 12.1. The van der Waals surface area contributed by atoms with Gasteiger partial charge in [0.15, 0.2) is 11.5 Å². The van der Waals surface area contributed by atoms with Gasteiger partial charge in [-0.15, -0.1) is 0 Å². The quantitative estimate of drug-likeness (QED) is 0.760. The van der Waals surface area contributed by atoms with Gasteiger partial charge in [-0.3, -0.25) is 9.20 Å². The van der Waals surface area contributed by atoms with Crippen LogP contribution in [0.4, 0.5) is 5.82 Å². The number of nitrogens with zero attached hydrogens (tertiary/aromatic N) is 5. The van der Waals surface area contributed by atoms with Crippen LogP contribution in [0.15, 0.2) is 36.8 Å². The van der Waals surface area contributed by atoms with Gasteiger partial charge in [0, 0.05) is 50.2 Å². The summed E-state index contributed by atoms with van der Waals surface area (Å²) in [6.07, 6.45) is 5.96. The monoisotopic (exact) mass is 349 g/mol. The molecule has 1 amide bonds. The molecule has 0 saturated carbocycles. The van der Waals surface area contributed by atoms with Crippen molar-refractivity contribution in [1.82, 2.24) is 19.3 Å². The second-order valence-electron chi connectivity index (χ2n) is 7.01. The normalized spacial score (nSPS) is 19.6. The van der Waals surface area contributed by atoms with Gasteiger partial charge in [-0.25, -0.2) is 9.97 Å². The second-order valence-corrected chi connectivity index (χ2v) is 7.01. The molecule has 7 heteroatoms. The lowest BCUT2D eigenvalue weighted by Crippen LogP contribution is -2.23. The van der Waals surface area contributed by atoms with Crippen LogP contribution in [0.5, 0.6) is 0 Å². The number of anilines is 1. The summed E-state index contributed by atoms with van der Waals surface area (Å²) in [6.45, 7) is 2.00. The molecule has 0 aliphatic carbocycles. The number of hydrogen-bond acceptors (Lipinski definition) is 5. The number of β-amino-alcohol motifs (C(OH)–C–C–N with tert-alkyl or cyclic N) is 1. The molecule has 1 unspecified atom stereocenters. The molecule has 7 nitrogen and oxygen atoms in total. The lowest BCUT2D eigenvalue weighted by atomic mass is 10.0. The second kappa shape index (κ2) is 5.54. The zero-order valence-electron chi connectivity index (χ0n) is 14.5. The number of carbonyl (C=O) groups excluding carboxylic acids is 1. The molecular weight excluding hydrogens is 330 g/mol. The van der Waals surface area contributed by atoms with Gasteiger partial charge in [0.25, 0.3) is 5.91 Å². The van der Waals surface area contributed by atoms with Crippen molar-refractivity contribution in [2.24, 2.45) is 0 Å². The molecule has 1 N–H and O–H groups in total. The Balaban J connectivity index is 1.59. The maximum Gasteiger partial charge on any atom is 0.254 e. The number of aliphatic hydroxyl groups excluding tert-OH is 1. The van der Waals surface area contributed by atoms with Crippen molar-refractivity contribution in [3.8, 4) is 11.3 Å². The molecule has 0 radical (unpaired) electrons. The van der Waals surface area contributed by atoms with E-state index in [1.807, 2.05) is 36.0 Å². The molecule has 1 atom stereocenters. The summed E-state index contributed by atoms with van der Waals surface area (Å²) < 4.78 is 2.02. The van der Waals surface area contributed by atoms with Crippen molar-refractivity contribution >= 4 is 17.4 Å². The van der Waals surface area contributed by atoms with Gasteiger partial charge in [-0.2, -0.15) is 0 Å². The fraction of sp³-hybridized carbons (Fsp3) is 0.316. The number of carbonyl (C=O) groups is 1. The van der Waals surface area contributed by atoms with Crippen molar-refractivity contribution in [2.45, 2.75) is 19.1 Å². The summed E-state index contributed by atoms with van der Waals surface area (Å²) in [7, 11) is 1.82. The number of aromatic nitrogens is 3. The SMILES string of the molecule is CN1Cc2cc(-c3cnc4c(N5CCC(O)C5)nccn34)ccc2C1=O. The third-order valence-electron chi connectivity index (χ3n) is 5.26. The smallest absolute Gasteiger partial charge is 0.254 e. The summed E-state index contributed by atoms with van der Waals surface area (Å²) in [5.41, 5.74) is 4.59. The number of fused-ring (bicyclic) bond motifs is 2. The van der Waals surface area contributed by atoms with Crippen LogP contribution in [0.25, 0.3) is 16.9 Å². The van der Waals surface area contributed by atoms with Crippen molar-refractivity contribution in [3.63, 3.8) is 0 Å². The van der Waals surface area contributed by atoms with Gasteiger partial charge >= 0.3 is 0 Å². The van der Waals surface area contributed by atoms with E-state index >= 15 is 0 Å². The first-order chi connectivity index (χ1) is 12.6. The predicted octanol–water partition coefficient (Wildman–Crippen LogP) is 1.55. The Hall–Kier alpha value is -2.93. The van der Waals surface area contributed by atoms with E-state index in [2.05, 4.69) is 20.9 Å². The van der Waals surface area contributed by atoms with Gasteiger partial charge in [0.2, 0.25) is 0 Å². The molecule has 5 rings (SSSR count). The molecule has 26 heavy (non-hydrogen) atoms. The van der Waals surface area contributed by atoms with Crippen LogP contribution in [0.1, 0.15) is 22.3 Å². The van der Waals surface area contributed by atoms with E-state index in [-0.39, 0.29) is 12.0 Å². The van der Waals surface area contributed by atoms with E-state index in [0.29, 0.717) is 13.1 Å². The summed E-state index contributed by atoms with van der Waals surface area (Å²) in [5.74, 6) is 0.871. The Morgan fingerprint density at radius 3 is 2.96 bits per heavy atom. The zero-order chi connectivity index (χ0) is 17.8. The number of amides is 1.